The van der Waals surface area contributed by atoms with E-state index in [1.54, 1.807) is 12.1 Å². The van der Waals surface area contributed by atoms with E-state index in [9.17, 15) is 18.8 Å². The first-order valence-electron chi connectivity index (χ1n) is 9.45. The van der Waals surface area contributed by atoms with Crippen LogP contribution in [-0.2, 0) is 11.3 Å². The molecule has 2 N–H and O–H groups in total. The molecule has 1 unspecified atom stereocenters. The third-order valence-corrected chi connectivity index (χ3v) is 4.54. The fraction of sp³-hybridized carbons (Fsp3) is 0.182. The number of carbonyl (C=O) groups excluding carboxylic acids is 2. The molecular weight excluding hydrogens is 403 g/mol. The second-order valence-corrected chi connectivity index (χ2v) is 6.72. The minimum Gasteiger partial charge on any atom is -0.492 e. The topological polar surface area (TPSA) is 108 Å². The molecule has 0 aliphatic carbocycles. The van der Waals surface area contributed by atoms with Crippen molar-refractivity contribution < 1.29 is 18.7 Å². The summed E-state index contributed by atoms with van der Waals surface area (Å²) in [7, 11) is 1.36. The van der Waals surface area contributed by atoms with Crippen LogP contribution < -0.4 is 16.0 Å². The van der Waals surface area contributed by atoms with Gasteiger partial charge in [-0.1, -0.05) is 30.3 Å². The van der Waals surface area contributed by atoms with E-state index in [0.29, 0.717) is 5.75 Å². The number of carbonyl (C=O) groups is 2. The van der Waals surface area contributed by atoms with Crippen molar-refractivity contribution >= 4 is 11.8 Å². The first-order valence-corrected chi connectivity index (χ1v) is 9.45. The number of nitrogens with two attached hydrogens (primary N) is 1. The van der Waals surface area contributed by atoms with Crippen molar-refractivity contribution in [3.05, 3.63) is 94.2 Å². The van der Waals surface area contributed by atoms with Crippen molar-refractivity contribution in [2.75, 3.05) is 13.7 Å². The average molecular weight is 424 g/mol. The molecule has 3 rings (SSSR count). The number of hydrogen-bond acceptors (Lipinski definition) is 5. The summed E-state index contributed by atoms with van der Waals surface area (Å²) >= 11 is 0. The van der Waals surface area contributed by atoms with Gasteiger partial charge < -0.3 is 15.4 Å². The van der Waals surface area contributed by atoms with E-state index in [-0.39, 0.29) is 24.4 Å². The van der Waals surface area contributed by atoms with Crippen LogP contribution in [0.15, 0.2) is 71.5 Å². The molecule has 0 bridgehead atoms. The molecule has 9 heteroatoms. The Morgan fingerprint density at radius 3 is 2.55 bits per heavy atom. The summed E-state index contributed by atoms with van der Waals surface area (Å²) < 4.78 is 20.3. The van der Waals surface area contributed by atoms with E-state index in [0.717, 1.165) is 15.6 Å². The molecular formula is C22H21FN4O4. The molecule has 8 nitrogen and oxygen atoms in total. The molecule has 31 heavy (non-hydrogen) atoms. The Hall–Kier alpha value is -4.01. The number of amides is 2. The van der Waals surface area contributed by atoms with Crippen LogP contribution in [0.4, 0.5) is 4.39 Å². The molecule has 0 aliphatic rings. The highest BCUT2D eigenvalue weighted by Crippen LogP contribution is 2.21. The number of rotatable bonds is 8. The van der Waals surface area contributed by atoms with Gasteiger partial charge >= 0.3 is 0 Å². The molecule has 3 aromatic rings. The van der Waals surface area contributed by atoms with Crippen molar-refractivity contribution in [3.63, 3.8) is 0 Å². The van der Waals surface area contributed by atoms with E-state index < -0.39 is 29.2 Å². The third kappa shape index (κ3) is 5.33. The van der Waals surface area contributed by atoms with Crippen molar-refractivity contribution in [1.82, 2.24) is 14.7 Å². The van der Waals surface area contributed by atoms with Crippen molar-refractivity contribution in [3.8, 4) is 5.75 Å². The molecule has 2 aromatic carbocycles. The Morgan fingerprint density at radius 1 is 1.13 bits per heavy atom. The zero-order chi connectivity index (χ0) is 22.4. The molecule has 1 aromatic heterocycles. The van der Waals surface area contributed by atoms with Gasteiger partial charge in [0.2, 0.25) is 5.91 Å². The number of benzene rings is 2. The number of nitrogens with zero attached hydrogens (tertiary/aromatic N) is 3. The summed E-state index contributed by atoms with van der Waals surface area (Å²) in [6, 6.07) is 15.6. The zero-order valence-electron chi connectivity index (χ0n) is 16.8. The maximum Gasteiger partial charge on any atom is 0.274 e. The van der Waals surface area contributed by atoms with Gasteiger partial charge in [0, 0.05) is 13.1 Å². The first-order chi connectivity index (χ1) is 14.9. The monoisotopic (exact) mass is 424 g/mol. The molecule has 0 radical (unpaired) electrons. The molecule has 160 valence electrons. The number of hydrogen-bond donors (Lipinski definition) is 1. The van der Waals surface area contributed by atoms with Crippen LogP contribution in [0, 0.1) is 5.82 Å². The Bertz CT molecular complexity index is 1130. The molecule has 0 spiro atoms. The number of primary amides is 1. The SMILES string of the molecule is CN(C(=O)c1ccc(=O)n(CCOc2ccccc2)n1)C(C(N)=O)c1cccc(F)c1. The predicted octanol–water partition coefficient (Wildman–Crippen LogP) is 1.76. The van der Waals surface area contributed by atoms with Crippen LogP contribution in [0.3, 0.4) is 0 Å². The molecule has 1 heterocycles. The fourth-order valence-electron chi connectivity index (χ4n) is 3.04. The minimum atomic E-state index is -1.20. The van der Waals surface area contributed by atoms with Gasteiger partial charge in [-0.05, 0) is 35.9 Å². The second kappa shape index (κ2) is 9.66. The van der Waals surface area contributed by atoms with Gasteiger partial charge in [0.05, 0.1) is 6.54 Å². The van der Waals surface area contributed by atoms with Crippen molar-refractivity contribution in [1.29, 1.82) is 0 Å². The standard InChI is InChI=1S/C22H21FN4O4/c1-26(20(21(24)29)15-6-5-7-16(23)14-15)22(30)18-10-11-19(28)27(25-18)12-13-31-17-8-3-2-4-9-17/h2-11,14,20H,12-13H2,1H3,(H2,24,29). The zero-order valence-corrected chi connectivity index (χ0v) is 16.8. The minimum absolute atomic E-state index is 0.0653. The second-order valence-electron chi connectivity index (χ2n) is 6.72. The van der Waals surface area contributed by atoms with Crippen LogP contribution >= 0.6 is 0 Å². The van der Waals surface area contributed by atoms with Crippen molar-refractivity contribution in [2.45, 2.75) is 12.6 Å². The fourth-order valence-corrected chi connectivity index (χ4v) is 3.04. The average Bonchev–Trinajstić information content (AvgIpc) is 2.75. The Labute approximate surface area is 177 Å². The van der Waals surface area contributed by atoms with Gasteiger partial charge in [-0.15, -0.1) is 0 Å². The highest BCUT2D eigenvalue weighted by molar-refractivity contribution is 5.95. The van der Waals surface area contributed by atoms with E-state index in [1.807, 2.05) is 18.2 Å². The third-order valence-electron chi connectivity index (χ3n) is 4.54. The number of ether oxygens (including phenoxy) is 1. The summed E-state index contributed by atoms with van der Waals surface area (Å²) in [6.45, 7) is 0.277. The van der Waals surface area contributed by atoms with Crippen molar-refractivity contribution in [2.24, 2.45) is 5.73 Å². The lowest BCUT2D eigenvalue weighted by Gasteiger charge is -2.26. The number of para-hydroxylation sites is 1. The predicted molar refractivity (Wildman–Crippen MR) is 111 cm³/mol. The normalized spacial score (nSPS) is 11.5. The van der Waals surface area contributed by atoms with E-state index >= 15 is 0 Å². The molecule has 0 fully saturated rings. The van der Waals surface area contributed by atoms with Gasteiger partial charge in [-0.3, -0.25) is 14.4 Å². The Morgan fingerprint density at radius 2 is 1.87 bits per heavy atom. The highest BCUT2D eigenvalue weighted by atomic mass is 19.1. The van der Waals surface area contributed by atoms with Crippen LogP contribution in [0.5, 0.6) is 5.75 Å². The maximum absolute atomic E-state index is 13.6. The van der Waals surface area contributed by atoms with Gasteiger partial charge in [-0.25, -0.2) is 9.07 Å². The van der Waals surface area contributed by atoms with Crippen LogP contribution in [0.1, 0.15) is 22.1 Å². The highest BCUT2D eigenvalue weighted by Gasteiger charge is 2.28. The lowest BCUT2D eigenvalue weighted by Crippen LogP contribution is -2.40. The summed E-state index contributed by atoms with van der Waals surface area (Å²) in [5, 5.41) is 4.08. The molecule has 0 saturated carbocycles. The summed E-state index contributed by atoms with van der Waals surface area (Å²) in [6.07, 6.45) is 0. The quantitative estimate of drug-likeness (QED) is 0.593. The summed E-state index contributed by atoms with van der Waals surface area (Å²) in [4.78, 5) is 38.1. The van der Waals surface area contributed by atoms with Gasteiger partial charge in [0.15, 0.2) is 0 Å². The Kier molecular flexibility index (Phi) is 6.76. The molecule has 0 aliphatic heterocycles. The lowest BCUT2D eigenvalue weighted by molar-refractivity contribution is -0.122. The summed E-state index contributed by atoms with van der Waals surface area (Å²) in [5.74, 6) is -1.39. The number of halogens is 1. The smallest absolute Gasteiger partial charge is 0.274 e. The molecule has 1 atom stereocenters. The summed E-state index contributed by atoms with van der Waals surface area (Å²) in [5.41, 5.74) is 5.22. The Balaban J connectivity index is 1.77. The number of likely N-dealkylation sites (N-methyl/N-ethyl adjacent to an activating group) is 1. The van der Waals surface area contributed by atoms with Gasteiger partial charge in [0.25, 0.3) is 11.5 Å². The molecule has 0 saturated heterocycles. The van der Waals surface area contributed by atoms with Crippen LogP contribution in [0.25, 0.3) is 0 Å². The van der Waals surface area contributed by atoms with Crippen LogP contribution in [-0.4, -0.2) is 40.1 Å². The van der Waals surface area contributed by atoms with Crippen LogP contribution in [0.2, 0.25) is 0 Å². The van der Waals surface area contributed by atoms with Gasteiger partial charge in [-0.2, -0.15) is 5.10 Å². The van der Waals surface area contributed by atoms with E-state index in [2.05, 4.69) is 5.10 Å². The largest absolute Gasteiger partial charge is 0.492 e. The maximum atomic E-state index is 13.6. The molecule has 2 amide bonds. The van der Waals surface area contributed by atoms with E-state index in [4.69, 9.17) is 10.5 Å². The first kappa shape index (κ1) is 21.7. The van der Waals surface area contributed by atoms with E-state index in [1.165, 1.54) is 37.4 Å². The lowest BCUT2D eigenvalue weighted by atomic mass is 10.0. The van der Waals surface area contributed by atoms with Gasteiger partial charge in [0.1, 0.15) is 29.9 Å². The number of aromatic nitrogens is 2.